The number of benzene rings is 3. The minimum atomic E-state index is -1.45. The fourth-order valence-corrected chi connectivity index (χ4v) is 4.66. The van der Waals surface area contributed by atoms with Crippen LogP contribution in [0.2, 0.25) is 0 Å². The lowest BCUT2D eigenvalue weighted by atomic mass is 9.94. The van der Waals surface area contributed by atoms with Gasteiger partial charge < -0.3 is 25.0 Å². The Hall–Kier alpha value is -3.96. The molecule has 2 unspecified atom stereocenters. The summed E-state index contributed by atoms with van der Waals surface area (Å²) in [5, 5.41) is 40.7. The van der Waals surface area contributed by atoms with Gasteiger partial charge in [0, 0.05) is 17.7 Å². The summed E-state index contributed by atoms with van der Waals surface area (Å²) in [5.74, 6) is -0.844. The van der Waals surface area contributed by atoms with Crippen LogP contribution >= 0.6 is 0 Å². The van der Waals surface area contributed by atoms with E-state index >= 15 is 0 Å². The maximum atomic E-state index is 13.8. The van der Waals surface area contributed by atoms with Gasteiger partial charge in [-0.3, -0.25) is 4.79 Å². The second-order valence-corrected chi connectivity index (χ2v) is 9.10. The molecular formula is C28H27FN4O5. The Bertz CT molecular complexity index is 1370. The summed E-state index contributed by atoms with van der Waals surface area (Å²) in [6.45, 7) is -0.464. The van der Waals surface area contributed by atoms with Crippen LogP contribution in [0, 0.1) is 5.82 Å². The molecule has 38 heavy (non-hydrogen) atoms. The molecule has 0 radical (unpaired) electrons. The van der Waals surface area contributed by atoms with E-state index in [9.17, 15) is 24.5 Å². The van der Waals surface area contributed by atoms with Crippen molar-refractivity contribution in [2.45, 2.75) is 37.1 Å². The van der Waals surface area contributed by atoms with Gasteiger partial charge in [0.05, 0.1) is 12.8 Å². The first kappa shape index (κ1) is 25.7. The molecule has 1 fully saturated rings. The number of hydrogen-bond donors (Lipinski definition) is 3. The van der Waals surface area contributed by atoms with Crippen molar-refractivity contribution in [2.24, 2.45) is 0 Å². The van der Waals surface area contributed by atoms with Crippen LogP contribution in [0.3, 0.4) is 0 Å². The summed E-state index contributed by atoms with van der Waals surface area (Å²) in [5.41, 5.74) is 1.98. The van der Waals surface area contributed by atoms with E-state index in [4.69, 9.17) is 4.74 Å². The maximum Gasteiger partial charge on any atom is 0.256 e. The van der Waals surface area contributed by atoms with Gasteiger partial charge in [0.15, 0.2) is 6.23 Å². The Morgan fingerprint density at radius 2 is 1.68 bits per heavy atom. The molecule has 196 valence electrons. The first-order chi connectivity index (χ1) is 18.5. The van der Waals surface area contributed by atoms with Gasteiger partial charge in [-0.2, -0.15) is 0 Å². The second-order valence-electron chi connectivity index (χ2n) is 9.10. The molecule has 1 aliphatic heterocycles. The van der Waals surface area contributed by atoms with Crippen LogP contribution in [0.4, 0.5) is 4.39 Å². The van der Waals surface area contributed by atoms with Crippen molar-refractivity contribution in [3.05, 3.63) is 108 Å². The Morgan fingerprint density at radius 3 is 2.37 bits per heavy atom. The van der Waals surface area contributed by atoms with Crippen molar-refractivity contribution in [1.82, 2.24) is 19.9 Å². The molecule has 4 aromatic rings. The number of ether oxygens (including phenoxy) is 1. The summed E-state index contributed by atoms with van der Waals surface area (Å²) < 4.78 is 21.0. The standard InChI is InChI=1S/C28H27FN4O5/c29-21-13-7-12-20(14-21)22-16-33(31-30-22)24-25(35)23(17-34)38-28(26(24)36)32(15-18-8-3-1-4-9-18)27(37)19-10-5-2-6-11-19/h1-14,16,23-26,28,34-36H,15,17H2/t23?,24-,25-,26?,28+/m0/s1. The van der Waals surface area contributed by atoms with Crippen molar-refractivity contribution >= 4 is 5.91 Å². The van der Waals surface area contributed by atoms with Gasteiger partial charge in [-0.1, -0.05) is 65.9 Å². The average molecular weight is 519 g/mol. The lowest BCUT2D eigenvalue weighted by Crippen LogP contribution is -2.61. The van der Waals surface area contributed by atoms with E-state index in [0.717, 1.165) is 5.56 Å². The molecule has 0 saturated carbocycles. The average Bonchev–Trinajstić information content (AvgIpc) is 3.43. The number of amides is 1. The van der Waals surface area contributed by atoms with Crippen molar-refractivity contribution in [3.63, 3.8) is 0 Å². The number of aliphatic hydroxyl groups is 3. The smallest absolute Gasteiger partial charge is 0.256 e. The lowest BCUT2D eigenvalue weighted by molar-refractivity contribution is -0.239. The number of rotatable bonds is 7. The highest BCUT2D eigenvalue weighted by Crippen LogP contribution is 2.33. The second kappa shape index (κ2) is 11.2. The van der Waals surface area contributed by atoms with Gasteiger partial charge >= 0.3 is 0 Å². The number of carbonyl (C=O) groups is 1. The number of aliphatic hydroxyl groups excluding tert-OH is 3. The van der Waals surface area contributed by atoms with Crippen LogP contribution in [0.5, 0.6) is 0 Å². The first-order valence-electron chi connectivity index (χ1n) is 12.2. The molecule has 0 aliphatic carbocycles. The predicted octanol–water partition coefficient (Wildman–Crippen LogP) is 2.41. The number of halogens is 1. The highest BCUT2D eigenvalue weighted by molar-refractivity contribution is 5.94. The lowest BCUT2D eigenvalue weighted by Gasteiger charge is -2.46. The van der Waals surface area contributed by atoms with Gasteiger partial charge in [-0.15, -0.1) is 5.10 Å². The zero-order chi connectivity index (χ0) is 26.6. The number of nitrogens with zero attached hydrogens (tertiary/aromatic N) is 4. The molecule has 9 nitrogen and oxygen atoms in total. The molecule has 1 aliphatic rings. The molecule has 3 N–H and O–H groups in total. The molecule has 0 bridgehead atoms. The summed E-state index contributed by atoms with van der Waals surface area (Å²) >= 11 is 0. The molecule has 3 aromatic carbocycles. The monoisotopic (exact) mass is 518 g/mol. The molecular weight excluding hydrogens is 491 g/mol. The van der Waals surface area contributed by atoms with Crippen LogP contribution in [0.15, 0.2) is 91.1 Å². The zero-order valence-electron chi connectivity index (χ0n) is 20.3. The maximum absolute atomic E-state index is 13.8. The van der Waals surface area contributed by atoms with Crippen molar-refractivity contribution in [2.75, 3.05) is 6.61 Å². The highest BCUT2D eigenvalue weighted by atomic mass is 19.1. The van der Waals surface area contributed by atoms with Crippen molar-refractivity contribution < 1.29 is 29.2 Å². The molecule has 2 heterocycles. The van der Waals surface area contributed by atoms with Crippen molar-refractivity contribution in [1.29, 1.82) is 0 Å². The molecule has 1 saturated heterocycles. The van der Waals surface area contributed by atoms with Crippen LogP contribution in [-0.4, -0.2) is 72.3 Å². The predicted molar refractivity (Wildman–Crippen MR) is 135 cm³/mol. The zero-order valence-corrected chi connectivity index (χ0v) is 20.3. The summed E-state index contributed by atoms with van der Waals surface area (Å²) in [4.78, 5) is 15.1. The minimum Gasteiger partial charge on any atom is -0.394 e. The van der Waals surface area contributed by atoms with Crippen LogP contribution in [0.25, 0.3) is 11.3 Å². The van der Waals surface area contributed by atoms with Crippen LogP contribution in [-0.2, 0) is 11.3 Å². The largest absolute Gasteiger partial charge is 0.394 e. The highest BCUT2D eigenvalue weighted by Gasteiger charge is 2.49. The molecule has 1 amide bonds. The Balaban J connectivity index is 1.51. The number of carbonyl (C=O) groups excluding carboxylic acids is 1. The molecule has 5 rings (SSSR count). The van der Waals surface area contributed by atoms with Crippen molar-refractivity contribution in [3.8, 4) is 11.3 Å². The third-order valence-corrected chi connectivity index (χ3v) is 6.59. The van der Waals surface area contributed by atoms with Gasteiger partial charge in [0.1, 0.15) is 35.9 Å². The Morgan fingerprint density at radius 1 is 0.974 bits per heavy atom. The van der Waals surface area contributed by atoms with Gasteiger partial charge in [-0.25, -0.2) is 9.07 Å². The van der Waals surface area contributed by atoms with E-state index in [0.29, 0.717) is 16.8 Å². The fourth-order valence-electron chi connectivity index (χ4n) is 4.66. The van der Waals surface area contributed by atoms with E-state index in [1.165, 1.54) is 34.0 Å². The van der Waals surface area contributed by atoms with Crippen LogP contribution < -0.4 is 0 Å². The molecule has 10 heteroatoms. The molecule has 0 spiro atoms. The topological polar surface area (TPSA) is 121 Å². The normalized spacial score (nSPS) is 23.2. The number of aromatic nitrogens is 3. The van der Waals surface area contributed by atoms with Gasteiger partial charge in [0.25, 0.3) is 5.91 Å². The quantitative estimate of drug-likeness (QED) is 0.344. The van der Waals surface area contributed by atoms with E-state index in [1.807, 2.05) is 30.3 Å². The molecule has 5 atom stereocenters. The third kappa shape index (κ3) is 5.20. The van der Waals surface area contributed by atoms with Gasteiger partial charge in [0.2, 0.25) is 0 Å². The first-order valence-corrected chi connectivity index (χ1v) is 12.2. The summed E-state index contributed by atoms with van der Waals surface area (Å²) in [6, 6.07) is 22.5. The Labute approximate surface area is 218 Å². The van der Waals surface area contributed by atoms with E-state index in [1.54, 1.807) is 36.4 Å². The summed E-state index contributed by atoms with van der Waals surface area (Å²) in [7, 11) is 0. The van der Waals surface area contributed by atoms with E-state index < -0.39 is 48.9 Å². The summed E-state index contributed by atoms with van der Waals surface area (Å²) in [6.07, 6.45) is -3.72. The molecule has 1 aromatic heterocycles. The third-order valence-electron chi connectivity index (χ3n) is 6.59. The fraction of sp³-hybridized carbons (Fsp3) is 0.250. The Kier molecular flexibility index (Phi) is 7.57. The van der Waals surface area contributed by atoms with E-state index in [2.05, 4.69) is 10.3 Å². The van der Waals surface area contributed by atoms with E-state index in [-0.39, 0.29) is 6.54 Å². The SMILES string of the molecule is O=C(c1ccccc1)N(Cc1ccccc1)[C@@H]1OC(CO)[C@H](O)[C@H](n2cc(-c3cccc(F)c3)nn2)C1O. The minimum absolute atomic E-state index is 0.100. The van der Waals surface area contributed by atoms with Gasteiger partial charge in [-0.05, 0) is 29.8 Å². The van der Waals surface area contributed by atoms with Crippen LogP contribution in [0.1, 0.15) is 22.0 Å². The number of hydrogen-bond acceptors (Lipinski definition) is 7.